The van der Waals surface area contributed by atoms with Crippen LogP contribution < -0.4 is 10.6 Å². The maximum absolute atomic E-state index is 13.0. The molecule has 7 nitrogen and oxygen atoms in total. The normalized spacial score (nSPS) is 30.9. The molecule has 4 rings (SSSR count). The smallest absolute Gasteiger partial charge is 0.273 e. The molecular formula is C21H32N4O3. The van der Waals surface area contributed by atoms with Crippen LogP contribution >= 0.6 is 0 Å². The fraction of sp³-hybridized carbons (Fsp3) is 0.762. The summed E-state index contributed by atoms with van der Waals surface area (Å²) in [6, 6.07) is 2.55. The summed E-state index contributed by atoms with van der Waals surface area (Å²) in [6.45, 7) is 2.81. The van der Waals surface area contributed by atoms with Crippen molar-refractivity contribution >= 4 is 11.8 Å². The largest absolute Gasteiger partial charge is 0.360 e. The van der Waals surface area contributed by atoms with Gasteiger partial charge in [-0.05, 0) is 65.3 Å². The standard InChI is InChI=1S/C21H32N4O3/c1-13-11-17(23-20(26)18-12-19(28-24-18)14-3-4-14)9-10-25(13)21(27)15-5-7-16(22-2)8-6-15/h12-17,22H,3-11H2,1-2H3,(H,23,26)/t13-,15-,16-,17?/m1/s1. The molecule has 1 aromatic rings. The van der Waals surface area contributed by atoms with Crippen molar-refractivity contribution in [3.63, 3.8) is 0 Å². The van der Waals surface area contributed by atoms with Gasteiger partial charge in [0, 0.05) is 42.6 Å². The van der Waals surface area contributed by atoms with Crippen molar-refractivity contribution in [2.24, 2.45) is 5.92 Å². The number of nitrogens with zero attached hydrogens (tertiary/aromatic N) is 2. The molecule has 2 aliphatic carbocycles. The summed E-state index contributed by atoms with van der Waals surface area (Å²) in [5.74, 6) is 1.57. The quantitative estimate of drug-likeness (QED) is 0.809. The highest BCUT2D eigenvalue weighted by atomic mass is 16.5. The van der Waals surface area contributed by atoms with Gasteiger partial charge in [0.25, 0.3) is 5.91 Å². The van der Waals surface area contributed by atoms with Crippen LogP contribution in [-0.4, -0.2) is 53.6 Å². The van der Waals surface area contributed by atoms with Gasteiger partial charge in [-0.2, -0.15) is 0 Å². The summed E-state index contributed by atoms with van der Waals surface area (Å²) < 4.78 is 5.28. The molecule has 1 saturated heterocycles. The van der Waals surface area contributed by atoms with E-state index in [0.29, 0.717) is 30.1 Å². The number of carbonyl (C=O) groups excluding carboxylic acids is 2. The van der Waals surface area contributed by atoms with Gasteiger partial charge in [0.15, 0.2) is 5.69 Å². The molecule has 3 fully saturated rings. The average molecular weight is 389 g/mol. The number of hydrogen-bond donors (Lipinski definition) is 2. The Morgan fingerprint density at radius 3 is 2.50 bits per heavy atom. The highest BCUT2D eigenvalue weighted by Crippen LogP contribution is 2.40. The average Bonchev–Trinajstić information content (AvgIpc) is 3.44. The van der Waals surface area contributed by atoms with Crippen LogP contribution in [0, 0.1) is 5.92 Å². The highest BCUT2D eigenvalue weighted by Gasteiger charge is 2.35. The summed E-state index contributed by atoms with van der Waals surface area (Å²) >= 11 is 0. The van der Waals surface area contributed by atoms with E-state index < -0.39 is 0 Å². The minimum Gasteiger partial charge on any atom is -0.360 e. The maximum Gasteiger partial charge on any atom is 0.273 e. The lowest BCUT2D eigenvalue weighted by Crippen LogP contribution is -2.52. The predicted molar refractivity (Wildman–Crippen MR) is 105 cm³/mol. The first kappa shape index (κ1) is 19.4. The minimum absolute atomic E-state index is 0.0765. The number of hydrogen-bond acceptors (Lipinski definition) is 5. The number of amides is 2. The van der Waals surface area contributed by atoms with Gasteiger partial charge in [0.1, 0.15) is 5.76 Å². The van der Waals surface area contributed by atoms with E-state index in [2.05, 4.69) is 22.7 Å². The molecule has 0 bridgehead atoms. The second kappa shape index (κ2) is 8.23. The van der Waals surface area contributed by atoms with E-state index in [0.717, 1.165) is 57.1 Å². The van der Waals surface area contributed by atoms with Gasteiger partial charge in [0.2, 0.25) is 5.91 Å². The van der Waals surface area contributed by atoms with Crippen LogP contribution in [0.5, 0.6) is 0 Å². The van der Waals surface area contributed by atoms with E-state index in [-0.39, 0.29) is 23.9 Å². The molecule has 1 aliphatic heterocycles. The summed E-state index contributed by atoms with van der Waals surface area (Å²) in [4.78, 5) is 27.5. The first-order chi connectivity index (χ1) is 13.5. The Labute approximate surface area is 166 Å². The van der Waals surface area contributed by atoms with Crippen molar-refractivity contribution in [2.45, 2.75) is 82.3 Å². The van der Waals surface area contributed by atoms with Gasteiger partial charge in [-0.3, -0.25) is 9.59 Å². The zero-order valence-electron chi connectivity index (χ0n) is 16.9. The Kier molecular flexibility index (Phi) is 5.71. The van der Waals surface area contributed by atoms with Crippen molar-refractivity contribution in [2.75, 3.05) is 13.6 Å². The lowest BCUT2D eigenvalue weighted by Gasteiger charge is -2.40. The van der Waals surface area contributed by atoms with E-state index in [4.69, 9.17) is 4.52 Å². The second-order valence-corrected chi connectivity index (χ2v) is 8.80. The van der Waals surface area contributed by atoms with Crippen molar-refractivity contribution in [3.05, 3.63) is 17.5 Å². The molecule has 154 valence electrons. The molecule has 2 saturated carbocycles. The van der Waals surface area contributed by atoms with E-state index >= 15 is 0 Å². The van der Waals surface area contributed by atoms with Crippen LogP contribution in [-0.2, 0) is 4.79 Å². The monoisotopic (exact) mass is 388 g/mol. The zero-order chi connectivity index (χ0) is 19.7. The van der Waals surface area contributed by atoms with Gasteiger partial charge in [-0.1, -0.05) is 5.16 Å². The summed E-state index contributed by atoms with van der Waals surface area (Å²) in [7, 11) is 2.00. The third-order valence-corrected chi connectivity index (χ3v) is 6.72. The number of rotatable bonds is 5. The molecule has 2 N–H and O–H groups in total. The first-order valence-electron chi connectivity index (χ1n) is 10.8. The summed E-state index contributed by atoms with van der Waals surface area (Å²) in [6.07, 6.45) is 7.93. The van der Waals surface area contributed by atoms with Crippen LogP contribution in [0.1, 0.15) is 80.5 Å². The molecule has 3 aliphatic rings. The van der Waals surface area contributed by atoms with Crippen molar-refractivity contribution in [3.8, 4) is 0 Å². The lowest BCUT2D eigenvalue weighted by molar-refractivity contribution is -0.140. The number of carbonyl (C=O) groups is 2. The van der Waals surface area contributed by atoms with Crippen LogP contribution in [0.3, 0.4) is 0 Å². The molecular weight excluding hydrogens is 356 g/mol. The van der Waals surface area contributed by atoms with Gasteiger partial charge < -0.3 is 20.1 Å². The fourth-order valence-electron chi connectivity index (χ4n) is 4.71. The number of piperidine rings is 1. The zero-order valence-corrected chi connectivity index (χ0v) is 16.9. The molecule has 2 amide bonds. The molecule has 0 spiro atoms. The molecule has 7 heteroatoms. The molecule has 0 aromatic carbocycles. The highest BCUT2D eigenvalue weighted by molar-refractivity contribution is 5.92. The SMILES string of the molecule is CN[C@H]1CC[C@H](C(=O)N2CCC(NC(=O)c3cc(C4CC4)on3)C[C@H]2C)CC1. The summed E-state index contributed by atoms with van der Waals surface area (Å²) in [5.41, 5.74) is 0.370. The Morgan fingerprint density at radius 2 is 1.86 bits per heavy atom. The molecule has 2 atom stereocenters. The first-order valence-corrected chi connectivity index (χ1v) is 10.8. The van der Waals surface area contributed by atoms with Gasteiger partial charge in [-0.25, -0.2) is 0 Å². The predicted octanol–water partition coefficient (Wildman–Crippen LogP) is 2.44. The molecule has 2 heterocycles. The number of likely N-dealkylation sites (tertiary alicyclic amines) is 1. The molecule has 28 heavy (non-hydrogen) atoms. The summed E-state index contributed by atoms with van der Waals surface area (Å²) in [5, 5.41) is 10.3. The van der Waals surface area contributed by atoms with Crippen LogP contribution in [0.4, 0.5) is 0 Å². The van der Waals surface area contributed by atoms with E-state index in [1.807, 2.05) is 11.9 Å². The van der Waals surface area contributed by atoms with Crippen molar-refractivity contribution in [1.82, 2.24) is 20.7 Å². The molecule has 0 radical (unpaired) electrons. The number of nitrogens with one attached hydrogen (secondary N) is 2. The van der Waals surface area contributed by atoms with Crippen molar-refractivity contribution < 1.29 is 14.1 Å². The fourth-order valence-corrected chi connectivity index (χ4v) is 4.71. The minimum atomic E-state index is -0.169. The van der Waals surface area contributed by atoms with Gasteiger partial charge >= 0.3 is 0 Å². The second-order valence-electron chi connectivity index (χ2n) is 8.80. The van der Waals surface area contributed by atoms with Crippen molar-refractivity contribution in [1.29, 1.82) is 0 Å². The Bertz CT molecular complexity index is 706. The topological polar surface area (TPSA) is 87.5 Å². The Balaban J connectivity index is 1.27. The maximum atomic E-state index is 13.0. The van der Waals surface area contributed by atoms with E-state index in [1.165, 1.54) is 0 Å². The van der Waals surface area contributed by atoms with E-state index in [1.54, 1.807) is 6.07 Å². The van der Waals surface area contributed by atoms with Gasteiger partial charge in [-0.15, -0.1) is 0 Å². The van der Waals surface area contributed by atoms with Crippen LogP contribution in [0.15, 0.2) is 10.6 Å². The van der Waals surface area contributed by atoms with Crippen LogP contribution in [0.25, 0.3) is 0 Å². The number of aromatic nitrogens is 1. The Morgan fingerprint density at radius 1 is 1.11 bits per heavy atom. The molecule has 1 unspecified atom stereocenters. The van der Waals surface area contributed by atoms with Crippen LogP contribution in [0.2, 0.25) is 0 Å². The third-order valence-electron chi connectivity index (χ3n) is 6.72. The third kappa shape index (κ3) is 4.24. The van der Waals surface area contributed by atoms with E-state index in [9.17, 15) is 9.59 Å². The molecule has 1 aromatic heterocycles. The lowest BCUT2D eigenvalue weighted by atomic mass is 9.84. The Hall–Kier alpha value is -1.89. The van der Waals surface area contributed by atoms with Gasteiger partial charge in [0.05, 0.1) is 0 Å².